The Hall–Kier alpha value is -0.0800. The fourth-order valence-corrected chi connectivity index (χ4v) is 3.73. The van der Waals surface area contributed by atoms with Crippen LogP contribution < -0.4 is 0 Å². The Morgan fingerprint density at radius 2 is 0.840 bits per heavy atom. The highest BCUT2D eigenvalue weighted by molar-refractivity contribution is 4.62. The maximum atomic E-state index is 9.36. The number of rotatable bonds is 17. The lowest BCUT2D eigenvalue weighted by molar-refractivity contribution is 0.0850. The summed E-state index contributed by atoms with van der Waals surface area (Å²) in [6, 6.07) is 0. The summed E-state index contributed by atoms with van der Waals surface area (Å²) < 4.78 is 0. The second-order valence-corrected chi connectivity index (χ2v) is 9.27. The first kappa shape index (κ1) is 24.9. The molecule has 0 fully saturated rings. The molecular weight excluding hydrogens is 308 g/mol. The molecule has 2 heteroatoms. The zero-order chi connectivity index (χ0) is 19.1. The maximum absolute atomic E-state index is 9.36. The topological polar surface area (TPSA) is 40.5 Å². The molecule has 0 aliphatic carbocycles. The molecule has 152 valence electrons. The van der Waals surface area contributed by atoms with Crippen molar-refractivity contribution in [1.29, 1.82) is 0 Å². The third-order valence-electron chi connectivity index (χ3n) is 5.71. The van der Waals surface area contributed by atoms with Crippen molar-refractivity contribution in [2.24, 2.45) is 23.7 Å². The van der Waals surface area contributed by atoms with Gasteiger partial charge in [0, 0.05) is 0 Å². The minimum absolute atomic E-state index is 0.0950. The van der Waals surface area contributed by atoms with Crippen molar-refractivity contribution in [3.8, 4) is 0 Å². The van der Waals surface area contributed by atoms with Crippen molar-refractivity contribution >= 4 is 0 Å². The van der Waals surface area contributed by atoms with Gasteiger partial charge in [-0.25, -0.2) is 0 Å². The van der Waals surface area contributed by atoms with Gasteiger partial charge in [-0.15, -0.1) is 0 Å². The Morgan fingerprint density at radius 1 is 0.520 bits per heavy atom. The quantitative estimate of drug-likeness (QED) is 0.309. The Kier molecular flexibility index (Phi) is 16.1. The fourth-order valence-electron chi connectivity index (χ4n) is 3.73. The average molecular weight is 357 g/mol. The number of hydrogen-bond acceptors (Lipinski definition) is 2. The van der Waals surface area contributed by atoms with Crippen LogP contribution in [-0.4, -0.2) is 22.9 Å². The van der Waals surface area contributed by atoms with Crippen LogP contribution in [0.1, 0.15) is 112 Å². The molecule has 0 aliphatic rings. The Balaban J connectivity index is 3.52. The Morgan fingerprint density at radius 3 is 1.16 bits per heavy atom. The minimum Gasteiger partial charge on any atom is -0.394 e. The van der Waals surface area contributed by atoms with Gasteiger partial charge in [0.25, 0.3) is 0 Å². The van der Waals surface area contributed by atoms with Gasteiger partial charge < -0.3 is 10.2 Å². The van der Waals surface area contributed by atoms with Gasteiger partial charge in [-0.3, -0.25) is 0 Å². The number of hydrogen-bond donors (Lipinski definition) is 2. The summed E-state index contributed by atoms with van der Waals surface area (Å²) in [7, 11) is 0. The van der Waals surface area contributed by atoms with Crippen LogP contribution in [-0.2, 0) is 0 Å². The van der Waals surface area contributed by atoms with Crippen LogP contribution in [0.5, 0.6) is 0 Å². The van der Waals surface area contributed by atoms with Gasteiger partial charge in [0.2, 0.25) is 0 Å². The highest BCUT2D eigenvalue weighted by Crippen LogP contribution is 2.23. The molecule has 0 saturated heterocycles. The first-order valence-corrected chi connectivity index (χ1v) is 11.1. The van der Waals surface area contributed by atoms with Crippen LogP contribution in [0.15, 0.2) is 0 Å². The zero-order valence-electron chi connectivity index (χ0n) is 18.0. The summed E-state index contributed by atoms with van der Waals surface area (Å²) in [5.74, 6) is 3.37. The molecule has 0 radical (unpaired) electrons. The number of aliphatic hydroxyl groups excluding tert-OH is 2. The Bertz CT molecular complexity index is 277. The first-order valence-electron chi connectivity index (χ1n) is 11.1. The van der Waals surface area contributed by atoms with Crippen LogP contribution >= 0.6 is 0 Å². The maximum Gasteiger partial charge on any atom is 0.0770 e. The van der Waals surface area contributed by atoms with Gasteiger partial charge in [-0.05, 0) is 30.1 Å². The van der Waals surface area contributed by atoms with E-state index in [1.165, 1.54) is 64.2 Å². The van der Waals surface area contributed by atoms with E-state index in [2.05, 4.69) is 34.6 Å². The molecule has 0 bridgehead atoms. The highest BCUT2D eigenvalue weighted by atomic mass is 16.3. The van der Waals surface area contributed by atoms with E-state index in [0.29, 0.717) is 0 Å². The van der Waals surface area contributed by atoms with E-state index < -0.39 is 6.10 Å². The van der Waals surface area contributed by atoms with E-state index in [0.717, 1.165) is 36.5 Å². The fraction of sp³-hybridized carbons (Fsp3) is 1.00. The summed E-state index contributed by atoms with van der Waals surface area (Å²) >= 11 is 0. The summed E-state index contributed by atoms with van der Waals surface area (Å²) in [5.41, 5.74) is 0. The van der Waals surface area contributed by atoms with Gasteiger partial charge in [0.05, 0.1) is 12.7 Å². The third kappa shape index (κ3) is 17.1. The van der Waals surface area contributed by atoms with Gasteiger partial charge in [-0.1, -0.05) is 105 Å². The lowest BCUT2D eigenvalue weighted by Gasteiger charge is -2.16. The van der Waals surface area contributed by atoms with E-state index in [4.69, 9.17) is 5.11 Å². The Labute approximate surface area is 158 Å². The molecule has 0 aromatic rings. The molecule has 0 aliphatic heterocycles. The second kappa shape index (κ2) is 16.1. The van der Waals surface area contributed by atoms with Crippen molar-refractivity contribution < 1.29 is 10.2 Å². The van der Waals surface area contributed by atoms with Crippen molar-refractivity contribution in [3.05, 3.63) is 0 Å². The van der Waals surface area contributed by atoms with E-state index in [1.807, 2.05) is 0 Å². The van der Waals surface area contributed by atoms with E-state index in [9.17, 15) is 5.11 Å². The molecule has 0 aromatic carbocycles. The predicted octanol–water partition coefficient (Wildman–Crippen LogP) is 6.59. The lowest BCUT2D eigenvalue weighted by Crippen LogP contribution is -2.11. The lowest BCUT2D eigenvalue weighted by atomic mass is 9.90. The van der Waals surface area contributed by atoms with Gasteiger partial charge in [0.15, 0.2) is 0 Å². The number of aliphatic hydroxyl groups is 2. The smallest absolute Gasteiger partial charge is 0.0770 e. The first-order chi connectivity index (χ1) is 11.8. The molecule has 4 atom stereocenters. The standard InChI is InChI=1S/C23H48O2/c1-19(2)10-6-11-20(3)12-7-13-21(4)14-8-15-22(5)16-9-17-23(25)18-24/h19-25H,6-18H2,1-5H3. The van der Waals surface area contributed by atoms with Crippen LogP contribution in [0.25, 0.3) is 0 Å². The molecule has 4 unspecified atom stereocenters. The van der Waals surface area contributed by atoms with Crippen LogP contribution in [0.3, 0.4) is 0 Å². The zero-order valence-corrected chi connectivity index (χ0v) is 18.0. The van der Waals surface area contributed by atoms with Crippen molar-refractivity contribution in [1.82, 2.24) is 0 Å². The highest BCUT2D eigenvalue weighted by Gasteiger charge is 2.09. The van der Waals surface area contributed by atoms with E-state index in [-0.39, 0.29) is 6.61 Å². The molecule has 2 N–H and O–H groups in total. The van der Waals surface area contributed by atoms with Crippen LogP contribution in [0.4, 0.5) is 0 Å². The second-order valence-electron chi connectivity index (χ2n) is 9.27. The average Bonchev–Trinajstić information content (AvgIpc) is 2.54. The van der Waals surface area contributed by atoms with Gasteiger partial charge >= 0.3 is 0 Å². The molecule has 0 amide bonds. The summed E-state index contributed by atoms with van der Waals surface area (Å²) in [5, 5.41) is 18.2. The largest absolute Gasteiger partial charge is 0.394 e. The third-order valence-corrected chi connectivity index (χ3v) is 5.71. The molecular formula is C23H48O2. The normalized spacial score (nSPS) is 16.8. The monoisotopic (exact) mass is 356 g/mol. The summed E-state index contributed by atoms with van der Waals surface area (Å²) in [4.78, 5) is 0. The van der Waals surface area contributed by atoms with E-state index in [1.54, 1.807) is 0 Å². The predicted molar refractivity (Wildman–Crippen MR) is 111 cm³/mol. The van der Waals surface area contributed by atoms with Crippen molar-refractivity contribution in [2.75, 3.05) is 6.61 Å². The summed E-state index contributed by atoms with van der Waals surface area (Å²) in [6.07, 6.45) is 14.9. The summed E-state index contributed by atoms with van der Waals surface area (Å²) in [6.45, 7) is 11.7. The van der Waals surface area contributed by atoms with Gasteiger partial charge in [-0.2, -0.15) is 0 Å². The molecule has 0 rings (SSSR count). The van der Waals surface area contributed by atoms with Crippen molar-refractivity contribution in [2.45, 2.75) is 118 Å². The van der Waals surface area contributed by atoms with E-state index >= 15 is 0 Å². The molecule has 0 saturated carbocycles. The van der Waals surface area contributed by atoms with Crippen molar-refractivity contribution in [3.63, 3.8) is 0 Å². The molecule has 0 spiro atoms. The molecule has 25 heavy (non-hydrogen) atoms. The van der Waals surface area contributed by atoms with Crippen LogP contribution in [0.2, 0.25) is 0 Å². The molecule has 0 heterocycles. The SMILES string of the molecule is CC(C)CCCC(C)CCCC(C)CCCC(C)CCCC(O)CO. The minimum atomic E-state index is -0.514. The molecule has 0 aromatic heterocycles. The van der Waals surface area contributed by atoms with Gasteiger partial charge in [0.1, 0.15) is 0 Å². The molecule has 2 nitrogen and oxygen atoms in total. The van der Waals surface area contributed by atoms with Crippen LogP contribution in [0, 0.1) is 23.7 Å².